The number of benzene rings is 2. The Morgan fingerprint density at radius 1 is 0.760 bits per heavy atom. The summed E-state index contributed by atoms with van der Waals surface area (Å²) in [4.78, 5) is 0. The molecule has 2 aromatic carbocycles. The first kappa shape index (κ1) is 20.3. The van der Waals surface area contributed by atoms with E-state index in [4.69, 9.17) is 11.1 Å². The molecule has 0 saturated heterocycles. The van der Waals surface area contributed by atoms with Gasteiger partial charge in [-0.25, -0.2) is 0 Å². The Balaban J connectivity index is 2.90. The molecule has 0 amide bonds. The van der Waals surface area contributed by atoms with Gasteiger partial charge >= 0.3 is 0 Å². The van der Waals surface area contributed by atoms with Gasteiger partial charge in [-0.05, 0) is 50.8 Å². The van der Waals surface area contributed by atoms with Gasteiger partial charge in [-0.1, -0.05) is 91.0 Å². The van der Waals surface area contributed by atoms with Crippen molar-refractivity contribution in [3.63, 3.8) is 0 Å². The predicted molar refractivity (Wildman–Crippen MR) is 117 cm³/mol. The zero-order valence-corrected chi connectivity index (χ0v) is 18.8. The molecule has 0 aliphatic carbocycles. The molecule has 0 aliphatic rings. The van der Waals surface area contributed by atoms with Gasteiger partial charge in [0.2, 0.25) is 0 Å². The van der Waals surface area contributed by atoms with Crippen LogP contribution in [0.5, 0.6) is 0 Å². The lowest BCUT2D eigenvalue weighted by Gasteiger charge is -2.26. The van der Waals surface area contributed by atoms with E-state index in [1.165, 1.54) is 33.0 Å². The molecule has 2 rings (SSSR count). The Morgan fingerprint density at radius 3 is 1.64 bits per heavy atom. The van der Waals surface area contributed by atoms with Gasteiger partial charge in [-0.3, -0.25) is 0 Å². The first-order chi connectivity index (χ1) is 11.5. The minimum absolute atomic E-state index is 0.486. The topological polar surface area (TPSA) is 0 Å². The maximum Gasteiger partial charge on any atom is 0.181 e. The van der Waals surface area contributed by atoms with Crippen LogP contribution in [-0.2, 0) is 0 Å². The summed E-state index contributed by atoms with van der Waals surface area (Å²) in [5, 5.41) is 1.35. The quantitative estimate of drug-likeness (QED) is 0.379. The largest absolute Gasteiger partial charge is 0.181 e. The Morgan fingerprint density at radius 2 is 1.24 bits per heavy atom. The summed E-state index contributed by atoms with van der Waals surface area (Å²) in [5.41, 5.74) is 7.12. The number of hydrogen-bond acceptors (Lipinski definition) is 0. The van der Waals surface area contributed by atoms with Crippen molar-refractivity contribution >= 4 is 23.6 Å². The number of rotatable bonds is 5. The zero-order valence-electron chi connectivity index (χ0n) is 17.1. The van der Waals surface area contributed by atoms with E-state index in [1.807, 2.05) is 0 Å². The van der Waals surface area contributed by atoms with Crippen molar-refractivity contribution < 1.29 is 0 Å². The smallest absolute Gasteiger partial charge is 0.161 e. The lowest BCUT2D eigenvalue weighted by atomic mass is 9.82. The van der Waals surface area contributed by atoms with Gasteiger partial charge in [0.15, 0.2) is 7.38 Å². The third-order valence-electron chi connectivity index (χ3n) is 4.97. The van der Waals surface area contributed by atoms with Crippen LogP contribution in [0.4, 0.5) is 0 Å². The Bertz CT molecular complexity index is 707. The van der Waals surface area contributed by atoms with Gasteiger partial charge in [-0.2, -0.15) is 11.1 Å². The van der Waals surface area contributed by atoms with Crippen LogP contribution in [0.2, 0.25) is 13.1 Å². The van der Waals surface area contributed by atoms with Crippen molar-refractivity contribution in [1.82, 2.24) is 0 Å². The fourth-order valence-electron chi connectivity index (χ4n) is 3.49. The molecule has 0 bridgehead atoms. The molecule has 0 fully saturated rings. The SMILES string of the molecule is CC(C)c1cc(C(C)C)c(-c2ccccc2[Si](C)(C)Cl)c(C(C)C)c1. The van der Waals surface area contributed by atoms with Gasteiger partial charge in [0.25, 0.3) is 0 Å². The van der Waals surface area contributed by atoms with E-state index in [2.05, 4.69) is 91.0 Å². The maximum absolute atomic E-state index is 6.90. The Hall–Kier alpha value is -1.05. The molecule has 0 N–H and O–H groups in total. The molecule has 25 heavy (non-hydrogen) atoms. The molecule has 2 aromatic rings. The first-order valence-electron chi connectivity index (χ1n) is 9.50. The molecular formula is C23H33ClSi. The zero-order chi connectivity index (χ0) is 18.9. The van der Waals surface area contributed by atoms with E-state index < -0.39 is 7.38 Å². The third kappa shape index (κ3) is 4.38. The maximum atomic E-state index is 6.90. The molecule has 0 atom stereocenters. The fourth-order valence-corrected chi connectivity index (χ4v) is 5.32. The fraction of sp³-hybridized carbons (Fsp3) is 0.478. The van der Waals surface area contributed by atoms with Crippen molar-refractivity contribution in [1.29, 1.82) is 0 Å². The molecule has 0 aromatic heterocycles. The lowest BCUT2D eigenvalue weighted by molar-refractivity contribution is 0.808. The van der Waals surface area contributed by atoms with Crippen LogP contribution >= 0.6 is 11.1 Å². The molecule has 0 radical (unpaired) electrons. The average Bonchev–Trinajstić information content (AvgIpc) is 2.52. The highest BCUT2D eigenvalue weighted by atomic mass is 35.6. The third-order valence-corrected chi connectivity index (χ3v) is 7.30. The number of halogens is 1. The molecule has 0 nitrogen and oxygen atoms in total. The highest BCUT2D eigenvalue weighted by Crippen LogP contribution is 2.38. The first-order valence-corrected chi connectivity index (χ1v) is 13.5. The summed E-state index contributed by atoms with van der Waals surface area (Å²) in [6.45, 7) is 18.2. The molecule has 0 unspecified atom stereocenters. The minimum Gasteiger partial charge on any atom is -0.161 e. The van der Waals surface area contributed by atoms with Crippen LogP contribution in [0.1, 0.15) is 76.0 Å². The second-order valence-electron chi connectivity index (χ2n) is 8.56. The number of hydrogen-bond donors (Lipinski definition) is 0. The summed E-state index contributed by atoms with van der Waals surface area (Å²) in [6, 6.07) is 13.6. The molecular weight excluding hydrogens is 340 g/mol. The van der Waals surface area contributed by atoms with Crippen molar-refractivity contribution in [3.8, 4) is 11.1 Å². The molecule has 136 valence electrons. The summed E-state index contributed by atoms with van der Waals surface area (Å²) in [6.07, 6.45) is 0. The van der Waals surface area contributed by atoms with Crippen LogP contribution in [0, 0.1) is 0 Å². The Labute approximate surface area is 160 Å². The monoisotopic (exact) mass is 372 g/mol. The van der Waals surface area contributed by atoms with Crippen molar-refractivity contribution in [2.24, 2.45) is 0 Å². The summed E-state index contributed by atoms with van der Waals surface area (Å²) >= 11 is 6.90. The van der Waals surface area contributed by atoms with Gasteiger partial charge in [0.1, 0.15) is 0 Å². The second kappa shape index (κ2) is 7.68. The highest BCUT2D eigenvalue weighted by molar-refractivity contribution is 7.26. The van der Waals surface area contributed by atoms with Crippen molar-refractivity contribution in [3.05, 3.63) is 53.1 Å². The van der Waals surface area contributed by atoms with Gasteiger partial charge in [-0.15, -0.1) is 0 Å². The van der Waals surface area contributed by atoms with Crippen LogP contribution < -0.4 is 5.19 Å². The van der Waals surface area contributed by atoms with E-state index in [0.717, 1.165) is 0 Å². The van der Waals surface area contributed by atoms with Gasteiger partial charge in [0, 0.05) is 0 Å². The van der Waals surface area contributed by atoms with E-state index in [1.54, 1.807) is 0 Å². The summed E-state index contributed by atoms with van der Waals surface area (Å²) < 4.78 is 0. The normalized spacial score (nSPS) is 12.5. The summed E-state index contributed by atoms with van der Waals surface area (Å²) in [5.74, 6) is 1.51. The molecule has 0 saturated carbocycles. The van der Waals surface area contributed by atoms with Gasteiger partial charge < -0.3 is 0 Å². The van der Waals surface area contributed by atoms with E-state index in [0.29, 0.717) is 17.8 Å². The highest BCUT2D eigenvalue weighted by Gasteiger charge is 2.27. The second-order valence-corrected chi connectivity index (χ2v) is 14.9. The summed E-state index contributed by atoms with van der Waals surface area (Å²) in [7, 11) is -1.94. The van der Waals surface area contributed by atoms with Crippen molar-refractivity contribution in [2.75, 3.05) is 0 Å². The standard InChI is InChI=1S/C23H33ClSi/c1-15(2)18-13-20(16(3)4)23(21(14-18)17(5)6)19-11-9-10-12-22(19)25(7,8)24/h9-17H,1-8H3. The minimum atomic E-state index is -1.94. The van der Waals surface area contributed by atoms with Crippen LogP contribution in [0.25, 0.3) is 11.1 Å². The molecule has 0 heterocycles. The van der Waals surface area contributed by atoms with Crippen LogP contribution in [0.3, 0.4) is 0 Å². The van der Waals surface area contributed by atoms with E-state index >= 15 is 0 Å². The Kier molecular flexibility index (Phi) is 6.22. The lowest BCUT2D eigenvalue weighted by Crippen LogP contribution is -2.36. The molecule has 2 heteroatoms. The predicted octanol–water partition coefficient (Wildman–Crippen LogP) is 7.37. The van der Waals surface area contributed by atoms with E-state index in [-0.39, 0.29) is 0 Å². The molecule has 0 spiro atoms. The van der Waals surface area contributed by atoms with E-state index in [9.17, 15) is 0 Å². The molecule has 0 aliphatic heterocycles. The van der Waals surface area contributed by atoms with Crippen molar-refractivity contribution in [2.45, 2.75) is 72.4 Å². The average molecular weight is 373 g/mol. The van der Waals surface area contributed by atoms with Crippen LogP contribution in [-0.4, -0.2) is 7.38 Å². The van der Waals surface area contributed by atoms with Gasteiger partial charge in [0.05, 0.1) is 0 Å². The van der Waals surface area contributed by atoms with Crippen LogP contribution in [0.15, 0.2) is 36.4 Å².